The summed E-state index contributed by atoms with van der Waals surface area (Å²) in [5, 5.41) is 2.97. The van der Waals surface area contributed by atoms with Crippen LogP contribution in [0.25, 0.3) is 0 Å². The largest absolute Gasteiger partial charge is 0.379 e. The molecule has 1 aliphatic rings. The lowest BCUT2D eigenvalue weighted by atomic mass is 9.95. The van der Waals surface area contributed by atoms with Crippen LogP contribution in [0.4, 0.5) is 0 Å². The highest BCUT2D eigenvalue weighted by Gasteiger charge is 2.27. The Kier molecular flexibility index (Phi) is 7.18. The van der Waals surface area contributed by atoms with E-state index >= 15 is 0 Å². The number of hydrogen-bond acceptors (Lipinski definition) is 4. The number of nitrogens with one attached hydrogen (secondary N) is 1. The van der Waals surface area contributed by atoms with Gasteiger partial charge < -0.3 is 15.0 Å². The first-order valence-corrected chi connectivity index (χ1v) is 8.66. The number of nitrogens with zero attached hydrogens (tertiary/aromatic N) is 2. The molecule has 2 amide bonds. The number of likely N-dealkylation sites (tertiary alicyclic amines) is 1. The fourth-order valence-electron chi connectivity index (χ4n) is 2.77. The smallest absolute Gasteiger partial charge is 0.253 e. The Bertz CT molecular complexity index is 526. The van der Waals surface area contributed by atoms with E-state index in [9.17, 15) is 9.59 Å². The van der Waals surface area contributed by atoms with Gasteiger partial charge in [-0.3, -0.25) is 14.6 Å². The number of carbonyl (C=O) groups is 2. The number of ether oxygens (including phenoxy) is 1. The van der Waals surface area contributed by atoms with E-state index in [1.807, 2.05) is 18.7 Å². The predicted molar refractivity (Wildman–Crippen MR) is 91.6 cm³/mol. The zero-order chi connectivity index (χ0) is 17.4. The van der Waals surface area contributed by atoms with Crippen LogP contribution < -0.4 is 5.32 Å². The number of piperidine rings is 1. The second kappa shape index (κ2) is 9.37. The highest BCUT2D eigenvalue weighted by molar-refractivity contribution is 5.94. The van der Waals surface area contributed by atoms with E-state index in [-0.39, 0.29) is 23.8 Å². The minimum Gasteiger partial charge on any atom is -0.379 e. The molecule has 0 radical (unpaired) electrons. The normalized spacial score (nSPS) is 15.5. The van der Waals surface area contributed by atoms with Crippen LogP contribution in [0, 0.1) is 5.92 Å². The molecule has 6 nitrogen and oxygen atoms in total. The molecule has 132 valence electrons. The van der Waals surface area contributed by atoms with Gasteiger partial charge in [-0.25, -0.2) is 0 Å². The molecule has 0 atom stereocenters. The number of rotatable bonds is 7. The molecule has 1 aliphatic heterocycles. The number of aromatic nitrogens is 1. The number of hydrogen-bond donors (Lipinski definition) is 1. The van der Waals surface area contributed by atoms with E-state index in [0.29, 0.717) is 44.6 Å². The van der Waals surface area contributed by atoms with Crippen molar-refractivity contribution in [3.8, 4) is 0 Å². The van der Waals surface area contributed by atoms with Gasteiger partial charge in [0.05, 0.1) is 6.10 Å². The van der Waals surface area contributed by atoms with E-state index in [0.717, 1.165) is 6.42 Å². The van der Waals surface area contributed by atoms with Crippen molar-refractivity contribution in [3.05, 3.63) is 30.1 Å². The van der Waals surface area contributed by atoms with Gasteiger partial charge in [0.2, 0.25) is 5.91 Å². The molecule has 0 saturated carbocycles. The van der Waals surface area contributed by atoms with Gasteiger partial charge in [0.15, 0.2) is 0 Å². The Morgan fingerprint density at radius 2 is 1.96 bits per heavy atom. The molecule has 2 heterocycles. The lowest BCUT2D eigenvalue weighted by molar-refractivity contribution is -0.126. The third-order valence-corrected chi connectivity index (χ3v) is 4.15. The summed E-state index contributed by atoms with van der Waals surface area (Å²) in [4.78, 5) is 30.3. The Balaban J connectivity index is 1.68. The van der Waals surface area contributed by atoms with Crippen molar-refractivity contribution >= 4 is 11.8 Å². The third kappa shape index (κ3) is 5.60. The number of carbonyl (C=O) groups excluding carboxylic acids is 2. The predicted octanol–water partition coefficient (Wildman–Crippen LogP) is 1.87. The van der Waals surface area contributed by atoms with Crippen molar-refractivity contribution in [1.82, 2.24) is 15.2 Å². The summed E-state index contributed by atoms with van der Waals surface area (Å²) < 4.78 is 5.45. The van der Waals surface area contributed by atoms with Crippen molar-refractivity contribution in [2.24, 2.45) is 5.92 Å². The van der Waals surface area contributed by atoms with Gasteiger partial charge in [-0.15, -0.1) is 0 Å². The maximum Gasteiger partial charge on any atom is 0.253 e. The van der Waals surface area contributed by atoms with Crippen LogP contribution in [0.1, 0.15) is 43.5 Å². The summed E-state index contributed by atoms with van der Waals surface area (Å²) in [6, 6.07) is 3.45. The van der Waals surface area contributed by atoms with Crippen molar-refractivity contribution in [2.45, 2.75) is 39.2 Å². The Hall–Kier alpha value is -1.95. The van der Waals surface area contributed by atoms with Crippen LogP contribution in [0.2, 0.25) is 0 Å². The Morgan fingerprint density at radius 3 is 2.58 bits per heavy atom. The van der Waals surface area contributed by atoms with Crippen LogP contribution in [0.3, 0.4) is 0 Å². The van der Waals surface area contributed by atoms with Gasteiger partial charge in [-0.2, -0.15) is 0 Å². The zero-order valence-corrected chi connectivity index (χ0v) is 14.5. The van der Waals surface area contributed by atoms with Crippen LogP contribution in [0.5, 0.6) is 0 Å². The average molecular weight is 333 g/mol. The van der Waals surface area contributed by atoms with E-state index < -0.39 is 0 Å². The Morgan fingerprint density at radius 1 is 1.29 bits per heavy atom. The lowest BCUT2D eigenvalue weighted by Gasteiger charge is -2.31. The van der Waals surface area contributed by atoms with Gasteiger partial charge in [0.25, 0.3) is 5.91 Å². The van der Waals surface area contributed by atoms with Crippen LogP contribution in [0.15, 0.2) is 24.5 Å². The minimum atomic E-state index is -0.00231. The van der Waals surface area contributed by atoms with Crippen molar-refractivity contribution in [1.29, 1.82) is 0 Å². The van der Waals surface area contributed by atoms with Gasteiger partial charge in [-0.05, 0) is 45.2 Å². The second-order valence-corrected chi connectivity index (χ2v) is 6.37. The van der Waals surface area contributed by atoms with Gasteiger partial charge >= 0.3 is 0 Å². The van der Waals surface area contributed by atoms with E-state index in [2.05, 4.69) is 10.3 Å². The van der Waals surface area contributed by atoms with Crippen LogP contribution in [-0.4, -0.2) is 54.0 Å². The Labute approximate surface area is 143 Å². The summed E-state index contributed by atoms with van der Waals surface area (Å²) in [7, 11) is 0. The van der Waals surface area contributed by atoms with Gasteiger partial charge in [0, 0.05) is 50.1 Å². The van der Waals surface area contributed by atoms with Crippen molar-refractivity contribution in [2.75, 3.05) is 26.2 Å². The molecule has 1 aromatic rings. The number of amides is 2. The fourth-order valence-corrected chi connectivity index (χ4v) is 2.77. The van der Waals surface area contributed by atoms with Gasteiger partial charge in [-0.1, -0.05) is 0 Å². The summed E-state index contributed by atoms with van der Waals surface area (Å²) in [5.74, 6) is 0.107. The third-order valence-electron chi connectivity index (χ3n) is 4.15. The monoisotopic (exact) mass is 333 g/mol. The summed E-state index contributed by atoms with van der Waals surface area (Å²) in [6.07, 6.45) is 5.72. The maximum absolute atomic E-state index is 12.4. The topological polar surface area (TPSA) is 71.5 Å². The van der Waals surface area contributed by atoms with E-state index in [4.69, 9.17) is 4.74 Å². The first-order chi connectivity index (χ1) is 11.6. The molecule has 24 heavy (non-hydrogen) atoms. The first kappa shape index (κ1) is 18.4. The molecule has 1 N–H and O–H groups in total. The maximum atomic E-state index is 12.4. The van der Waals surface area contributed by atoms with E-state index in [1.54, 1.807) is 24.5 Å². The second-order valence-electron chi connectivity index (χ2n) is 6.37. The molecule has 0 aromatic carbocycles. The standard InChI is InChI=1S/C18H27N3O3/c1-14(2)24-13-3-8-20-17(22)15-6-11-21(12-7-15)18(23)16-4-9-19-10-5-16/h4-5,9-10,14-15H,3,6-8,11-13H2,1-2H3,(H,20,22). The zero-order valence-electron chi connectivity index (χ0n) is 14.5. The lowest BCUT2D eigenvalue weighted by Crippen LogP contribution is -2.43. The molecule has 2 rings (SSSR count). The highest BCUT2D eigenvalue weighted by Crippen LogP contribution is 2.19. The molecule has 6 heteroatoms. The summed E-state index contributed by atoms with van der Waals surface area (Å²) >= 11 is 0. The summed E-state index contributed by atoms with van der Waals surface area (Å²) in [6.45, 7) is 6.54. The molecule has 0 bridgehead atoms. The fraction of sp³-hybridized carbons (Fsp3) is 0.611. The first-order valence-electron chi connectivity index (χ1n) is 8.66. The summed E-state index contributed by atoms with van der Waals surface area (Å²) in [5.41, 5.74) is 0.651. The molecular weight excluding hydrogens is 306 g/mol. The van der Waals surface area contributed by atoms with Crippen molar-refractivity contribution in [3.63, 3.8) is 0 Å². The SMILES string of the molecule is CC(C)OCCCNC(=O)C1CCN(C(=O)c2ccncc2)CC1. The molecule has 1 fully saturated rings. The van der Waals surface area contributed by atoms with Gasteiger partial charge in [0.1, 0.15) is 0 Å². The molecule has 0 aliphatic carbocycles. The molecule has 1 saturated heterocycles. The molecule has 0 unspecified atom stereocenters. The number of pyridine rings is 1. The van der Waals surface area contributed by atoms with E-state index in [1.165, 1.54) is 0 Å². The quantitative estimate of drug-likeness (QED) is 0.773. The van der Waals surface area contributed by atoms with Crippen molar-refractivity contribution < 1.29 is 14.3 Å². The molecule has 1 aromatic heterocycles. The highest BCUT2D eigenvalue weighted by atomic mass is 16.5. The molecular formula is C18H27N3O3. The van der Waals surface area contributed by atoms with Crippen LogP contribution in [-0.2, 0) is 9.53 Å². The van der Waals surface area contributed by atoms with Crippen LogP contribution >= 0.6 is 0 Å². The average Bonchev–Trinajstić information content (AvgIpc) is 2.61. The molecule has 0 spiro atoms. The minimum absolute atomic E-state index is 0.00231.